The van der Waals surface area contributed by atoms with Crippen LogP contribution in [0.5, 0.6) is 0 Å². The van der Waals surface area contributed by atoms with E-state index in [2.05, 4.69) is 4.89 Å². The van der Waals surface area contributed by atoms with Gasteiger partial charge in [-0.15, -0.1) is 0 Å². The second kappa shape index (κ2) is 3.72. The number of rotatable bonds is 3. The van der Waals surface area contributed by atoms with E-state index in [1.54, 1.807) is 0 Å². The first-order valence-electron chi connectivity index (χ1n) is 3.74. The normalized spacial score (nSPS) is 11.8. The van der Waals surface area contributed by atoms with Gasteiger partial charge in [0.05, 0.1) is 6.42 Å². The fourth-order valence-electron chi connectivity index (χ4n) is 0.608. The molecular formula is C8H16O3. The van der Waals surface area contributed by atoms with Crippen LogP contribution in [0.4, 0.5) is 0 Å². The van der Waals surface area contributed by atoms with Gasteiger partial charge in [-0.25, -0.2) is 4.79 Å². The summed E-state index contributed by atoms with van der Waals surface area (Å²) in [6, 6.07) is 0. The molecule has 0 amide bonds. The van der Waals surface area contributed by atoms with Gasteiger partial charge in [0.15, 0.2) is 0 Å². The van der Waals surface area contributed by atoms with E-state index < -0.39 is 5.97 Å². The predicted octanol–water partition coefficient (Wildman–Crippen LogP) is 2.07. The lowest BCUT2D eigenvalue weighted by atomic mass is 9.78. The molecule has 3 nitrogen and oxygen atoms in total. The quantitative estimate of drug-likeness (QED) is 0.508. The number of hydrogen-bond donors (Lipinski definition) is 1. The molecule has 0 aromatic heterocycles. The zero-order valence-electron chi connectivity index (χ0n) is 7.55. The number of carbonyl (C=O) groups is 1. The molecule has 11 heavy (non-hydrogen) atoms. The first kappa shape index (κ1) is 10.4. The molecule has 0 saturated carbocycles. The summed E-state index contributed by atoms with van der Waals surface area (Å²) in [5.41, 5.74) is -0.111. The minimum atomic E-state index is -0.566. The Morgan fingerprint density at radius 1 is 1.55 bits per heavy atom. The van der Waals surface area contributed by atoms with Crippen molar-refractivity contribution in [2.24, 2.45) is 11.3 Å². The van der Waals surface area contributed by atoms with Crippen molar-refractivity contribution in [1.82, 2.24) is 0 Å². The molecule has 0 radical (unpaired) electrons. The van der Waals surface area contributed by atoms with Crippen LogP contribution in [0.1, 0.15) is 34.1 Å². The molecule has 0 bridgehead atoms. The fraction of sp³-hybridized carbons (Fsp3) is 0.875. The summed E-state index contributed by atoms with van der Waals surface area (Å²) in [6.45, 7) is 8.00. The van der Waals surface area contributed by atoms with E-state index >= 15 is 0 Å². The van der Waals surface area contributed by atoms with E-state index in [4.69, 9.17) is 5.26 Å². The Bertz CT molecular complexity index is 138. The van der Waals surface area contributed by atoms with Gasteiger partial charge in [-0.2, -0.15) is 5.26 Å². The average molecular weight is 160 g/mol. The lowest BCUT2D eigenvalue weighted by Crippen LogP contribution is -2.23. The Kier molecular flexibility index (Phi) is 3.52. The number of carbonyl (C=O) groups excluding carboxylic acids is 1. The van der Waals surface area contributed by atoms with Crippen LogP contribution in [0.3, 0.4) is 0 Å². The first-order chi connectivity index (χ1) is 4.90. The van der Waals surface area contributed by atoms with Gasteiger partial charge in [-0.05, 0) is 11.3 Å². The molecule has 0 unspecified atom stereocenters. The largest absolute Gasteiger partial charge is 0.342 e. The van der Waals surface area contributed by atoms with Crippen LogP contribution in [0, 0.1) is 11.3 Å². The third-order valence-electron chi connectivity index (χ3n) is 2.26. The molecular weight excluding hydrogens is 144 g/mol. The summed E-state index contributed by atoms with van der Waals surface area (Å²) in [5.74, 6) is -0.176. The highest BCUT2D eigenvalue weighted by Gasteiger charge is 2.26. The smallest absolute Gasteiger partial charge is 0.301 e. The maximum atomic E-state index is 10.7. The van der Waals surface area contributed by atoms with Crippen LogP contribution in [-0.4, -0.2) is 11.2 Å². The van der Waals surface area contributed by atoms with Crippen molar-refractivity contribution < 1.29 is 14.9 Å². The van der Waals surface area contributed by atoms with E-state index in [0.717, 1.165) is 0 Å². The second-order valence-electron chi connectivity index (χ2n) is 3.78. The molecule has 0 heterocycles. The van der Waals surface area contributed by atoms with Crippen LogP contribution in [-0.2, 0) is 9.68 Å². The van der Waals surface area contributed by atoms with Crippen LogP contribution in [0.2, 0.25) is 0 Å². The molecule has 1 N–H and O–H groups in total. The maximum Gasteiger partial charge on any atom is 0.342 e. The highest BCUT2D eigenvalue weighted by Crippen LogP contribution is 2.29. The second-order valence-corrected chi connectivity index (χ2v) is 3.78. The molecule has 0 fully saturated rings. The van der Waals surface area contributed by atoms with E-state index in [1.807, 2.05) is 27.7 Å². The van der Waals surface area contributed by atoms with Crippen molar-refractivity contribution in [2.45, 2.75) is 34.1 Å². The van der Waals surface area contributed by atoms with Crippen LogP contribution in [0.25, 0.3) is 0 Å². The third-order valence-corrected chi connectivity index (χ3v) is 2.26. The van der Waals surface area contributed by atoms with Crippen molar-refractivity contribution >= 4 is 5.97 Å². The SMILES string of the molecule is CC(C)C(C)(C)CC(=O)OO. The lowest BCUT2D eigenvalue weighted by molar-refractivity contribution is -0.236. The molecule has 0 atom stereocenters. The van der Waals surface area contributed by atoms with Gasteiger partial charge in [0.2, 0.25) is 0 Å². The topological polar surface area (TPSA) is 46.5 Å². The highest BCUT2D eigenvalue weighted by atomic mass is 17.1. The van der Waals surface area contributed by atoms with Gasteiger partial charge in [0.25, 0.3) is 0 Å². The van der Waals surface area contributed by atoms with Crippen molar-refractivity contribution in [2.75, 3.05) is 0 Å². The van der Waals surface area contributed by atoms with Gasteiger partial charge >= 0.3 is 5.97 Å². The third kappa shape index (κ3) is 3.37. The summed E-state index contributed by atoms with van der Waals surface area (Å²) in [6.07, 6.45) is 0.251. The summed E-state index contributed by atoms with van der Waals surface area (Å²) in [4.78, 5) is 14.3. The molecule has 0 spiro atoms. The van der Waals surface area contributed by atoms with Crippen molar-refractivity contribution in [3.63, 3.8) is 0 Å². The first-order valence-corrected chi connectivity index (χ1v) is 3.74. The molecule has 0 aliphatic rings. The van der Waals surface area contributed by atoms with Crippen molar-refractivity contribution in [3.05, 3.63) is 0 Å². The summed E-state index contributed by atoms with van der Waals surface area (Å²) in [5, 5.41) is 8.03. The Morgan fingerprint density at radius 3 is 2.27 bits per heavy atom. The van der Waals surface area contributed by atoms with E-state index in [1.165, 1.54) is 0 Å². The summed E-state index contributed by atoms with van der Waals surface area (Å²) >= 11 is 0. The van der Waals surface area contributed by atoms with Crippen LogP contribution >= 0.6 is 0 Å². The monoisotopic (exact) mass is 160 g/mol. The molecule has 0 rings (SSSR count). The van der Waals surface area contributed by atoms with Gasteiger partial charge in [0, 0.05) is 0 Å². The minimum absolute atomic E-state index is 0.111. The van der Waals surface area contributed by atoms with E-state index in [9.17, 15) is 4.79 Å². The number of hydrogen-bond acceptors (Lipinski definition) is 3. The van der Waals surface area contributed by atoms with Crippen molar-refractivity contribution in [1.29, 1.82) is 0 Å². The molecule has 0 aliphatic heterocycles. The van der Waals surface area contributed by atoms with E-state index in [0.29, 0.717) is 5.92 Å². The van der Waals surface area contributed by atoms with Crippen LogP contribution in [0.15, 0.2) is 0 Å². The molecule has 66 valence electrons. The molecule has 0 aliphatic carbocycles. The van der Waals surface area contributed by atoms with Crippen LogP contribution < -0.4 is 0 Å². The van der Waals surface area contributed by atoms with Gasteiger partial charge in [-0.1, -0.05) is 27.7 Å². The zero-order chi connectivity index (χ0) is 9.07. The van der Waals surface area contributed by atoms with Gasteiger partial charge in [0.1, 0.15) is 0 Å². The van der Waals surface area contributed by atoms with E-state index in [-0.39, 0.29) is 11.8 Å². The highest BCUT2D eigenvalue weighted by molar-refractivity contribution is 5.69. The Morgan fingerprint density at radius 2 is 2.00 bits per heavy atom. The molecule has 3 heteroatoms. The lowest BCUT2D eigenvalue weighted by Gasteiger charge is -2.27. The minimum Gasteiger partial charge on any atom is -0.301 e. The molecule has 0 aromatic carbocycles. The average Bonchev–Trinajstić information content (AvgIpc) is 1.86. The fourth-order valence-corrected chi connectivity index (χ4v) is 0.608. The Labute approximate surface area is 67.3 Å². The predicted molar refractivity (Wildman–Crippen MR) is 42.0 cm³/mol. The zero-order valence-corrected chi connectivity index (χ0v) is 7.55. The summed E-state index contributed by atoms with van der Waals surface area (Å²) in [7, 11) is 0. The van der Waals surface area contributed by atoms with Gasteiger partial charge < -0.3 is 4.89 Å². The Hall–Kier alpha value is -0.570. The molecule has 0 saturated heterocycles. The molecule has 0 aromatic rings. The van der Waals surface area contributed by atoms with Crippen molar-refractivity contribution in [3.8, 4) is 0 Å². The maximum absolute atomic E-state index is 10.7. The standard InChI is InChI=1S/C8H16O3/c1-6(2)8(3,4)5-7(9)11-10/h6,10H,5H2,1-4H3. The Balaban J connectivity index is 4.01. The van der Waals surface area contributed by atoms with Gasteiger partial charge in [-0.3, -0.25) is 0 Å². The summed E-state index contributed by atoms with van der Waals surface area (Å²) < 4.78 is 0.